The number of nitrogens with zero attached hydrogens (tertiary/aromatic N) is 2. The lowest BCUT2D eigenvalue weighted by molar-refractivity contribution is 0.447. The van der Waals surface area contributed by atoms with Crippen LogP contribution in [0.4, 0.5) is 11.4 Å². The van der Waals surface area contributed by atoms with Gasteiger partial charge in [-0.15, -0.1) is 0 Å². The predicted octanol–water partition coefficient (Wildman–Crippen LogP) is 2.38. The van der Waals surface area contributed by atoms with Crippen molar-refractivity contribution >= 4 is 11.4 Å². The summed E-state index contributed by atoms with van der Waals surface area (Å²) in [4.78, 5) is 2.30. The highest BCUT2D eigenvalue weighted by molar-refractivity contribution is 5.74. The Morgan fingerprint density at radius 2 is 2.31 bits per heavy atom. The molecule has 1 aromatic rings. The third kappa shape index (κ3) is 1.96. The molecule has 84 valence electrons. The first-order valence-electron chi connectivity index (χ1n) is 5.76. The van der Waals surface area contributed by atoms with Gasteiger partial charge in [-0.25, -0.2) is 0 Å². The Labute approximate surface area is 96.5 Å². The topological polar surface area (TPSA) is 53.0 Å². The van der Waals surface area contributed by atoms with E-state index in [1.807, 2.05) is 12.1 Å². The van der Waals surface area contributed by atoms with Crippen molar-refractivity contribution < 1.29 is 0 Å². The molecule has 1 aromatic carbocycles. The van der Waals surface area contributed by atoms with Crippen LogP contribution < -0.4 is 10.6 Å². The predicted molar refractivity (Wildman–Crippen MR) is 66.2 cm³/mol. The molecule has 2 N–H and O–H groups in total. The van der Waals surface area contributed by atoms with Crippen LogP contribution >= 0.6 is 0 Å². The number of rotatable bonds is 1. The molecule has 0 amide bonds. The van der Waals surface area contributed by atoms with Gasteiger partial charge >= 0.3 is 0 Å². The molecule has 2 rings (SSSR count). The monoisotopic (exact) mass is 215 g/mol. The van der Waals surface area contributed by atoms with Crippen LogP contribution in [0.3, 0.4) is 0 Å². The lowest BCUT2D eigenvalue weighted by Crippen LogP contribution is -2.34. The number of hydrogen-bond acceptors (Lipinski definition) is 3. The minimum atomic E-state index is 0.579. The van der Waals surface area contributed by atoms with Gasteiger partial charge in [0.15, 0.2) is 0 Å². The van der Waals surface area contributed by atoms with Crippen molar-refractivity contribution in [2.24, 2.45) is 5.92 Å². The number of anilines is 2. The van der Waals surface area contributed by atoms with Gasteiger partial charge < -0.3 is 10.6 Å². The second-order valence-electron chi connectivity index (χ2n) is 4.54. The molecule has 0 aromatic heterocycles. The van der Waals surface area contributed by atoms with E-state index < -0.39 is 0 Å². The smallest absolute Gasteiger partial charge is 0.101 e. The summed E-state index contributed by atoms with van der Waals surface area (Å²) in [5, 5.41) is 8.94. The van der Waals surface area contributed by atoms with Gasteiger partial charge in [0.05, 0.1) is 16.9 Å². The van der Waals surface area contributed by atoms with E-state index in [0.717, 1.165) is 18.8 Å². The first-order chi connectivity index (χ1) is 7.72. The summed E-state index contributed by atoms with van der Waals surface area (Å²) >= 11 is 0. The fraction of sp³-hybridized carbons (Fsp3) is 0.462. The van der Waals surface area contributed by atoms with Gasteiger partial charge in [-0.2, -0.15) is 5.26 Å². The number of nitrogen functional groups attached to an aromatic ring is 1. The van der Waals surface area contributed by atoms with Crippen molar-refractivity contribution in [3.8, 4) is 6.07 Å². The molecule has 3 heteroatoms. The summed E-state index contributed by atoms with van der Waals surface area (Å²) < 4.78 is 0. The molecule has 1 aliphatic rings. The lowest BCUT2D eigenvalue weighted by Gasteiger charge is -2.33. The Morgan fingerprint density at radius 1 is 1.50 bits per heavy atom. The Hall–Kier alpha value is -1.69. The molecule has 1 aliphatic heterocycles. The van der Waals surface area contributed by atoms with E-state index in [9.17, 15) is 0 Å². The standard InChI is InChI=1S/C13H17N3/c1-10-4-3-7-16(9-10)12-6-2-5-11(8-14)13(12)15/h2,5-6,10H,3-4,7,9,15H2,1H3. The van der Waals surface area contributed by atoms with E-state index >= 15 is 0 Å². The van der Waals surface area contributed by atoms with Crippen LogP contribution in [0.2, 0.25) is 0 Å². The van der Waals surface area contributed by atoms with Crippen molar-refractivity contribution in [1.82, 2.24) is 0 Å². The number of nitrogens with two attached hydrogens (primary N) is 1. The van der Waals surface area contributed by atoms with E-state index in [1.54, 1.807) is 6.07 Å². The zero-order chi connectivity index (χ0) is 11.5. The Kier molecular flexibility index (Phi) is 3.00. The third-order valence-electron chi connectivity index (χ3n) is 3.20. The van der Waals surface area contributed by atoms with Crippen molar-refractivity contribution in [3.05, 3.63) is 23.8 Å². The van der Waals surface area contributed by atoms with Gasteiger partial charge in [-0.3, -0.25) is 0 Å². The quantitative estimate of drug-likeness (QED) is 0.732. The van der Waals surface area contributed by atoms with E-state index in [2.05, 4.69) is 17.9 Å². The fourth-order valence-electron chi connectivity index (χ4n) is 2.33. The van der Waals surface area contributed by atoms with Gasteiger partial charge in [-0.05, 0) is 30.9 Å². The molecule has 0 radical (unpaired) electrons. The maximum Gasteiger partial charge on any atom is 0.101 e. The van der Waals surface area contributed by atoms with Crippen LogP contribution in [0.1, 0.15) is 25.3 Å². The molecule has 0 bridgehead atoms. The van der Waals surface area contributed by atoms with Crippen molar-refractivity contribution in [3.63, 3.8) is 0 Å². The summed E-state index contributed by atoms with van der Waals surface area (Å²) in [6.07, 6.45) is 2.49. The van der Waals surface area contributed by atoms with Crippen LogP contribution in [0.5, 0.6) is 0 Å². The number of piperidine rings is 1. The van der Waals surface area contributed by atoms with Gasteiger partial charge in [0.1, 0.15) is 6.07 Å². The zero-order valence-corrected chi connectivity index (χ0v) is 9.61. The minimum Gasteiger partial charge on any atom is -0.396 e. The molecule has 1 fully saturated rings. The summed E-state index contributed by atoms with van der Waals surface area (Å²) in [5.41, 5.74) is 8.23. The molecule has 0 aliphatic carbocycles. The fourth-order valence-corrected chi connectivity index (χ4v) is 2.33. The van der Waals surface area contributed by atoms with Crippen LogP contribution in [0.15, 0.2) is 18.2 Å². The van der Waals surface area contributed by atoms with E-state index in [4.69, 9.17) is 11.0 Å². The molecule has 1 unspecified atom stereocenters. The molecule has 1 atom stereocenters. The average molecular weight is 215 g/mol. The molecule has 0 saturated carbocycles. The van der Waals surface area contributed by atoms with Gasteiger partial charge in [0, 0.05) is 13.1 Å². The van der Waals surface area contributed by atoms with Gasteiger partial charge in [-0.1, -0.05) is 13.0 Å². The zero-order valence-electron chi connectivity index (χ0n) is 9.61. The van der Waals surface area contributed by atoms with Crippen LogP contribution in [0, 0.1) is 17.2 Å². The van der Waals surface area contributed by atoms with Crippen LogP contribution in [-0.2, 0) is 0 Å². The molecular formula is C13H17N3. The number of para-hydroxylation sites is 1. The molecule has 3 nitrogen and oxygen atoms in total. The number of hydrogen-bond donors (Lipinski definition) is 1. The molecular weight excluding hydrogens is 198 g/mol. The average Bonchev–Trinajstić information content (AvgIpc) is 2.29. The Bertz CT molecular complexity index is 420. The van der Waals surface area contributed by atoms with Crippen molar-refractivity contribution in [2.75, 3.05) is 23.7 Å². The van der Waals surface area contributed by atoms with Crippen molar-refractivity contribution in [1.29, 1.82) is 5.26 Å². The van der Waals surface area contributed by atoms with E-state index in [1.165, 1.54) is 12.8 Å². The largest absolute Gasteiger partial charge is 0.396 e. The third-order valence-corrected chi connectivity index (χ3v) is 3.20. The van der Waals surface area contributed by atoms with E-state index in [-0.39, 0.29) is 0 Å². The van der Waals surface area contributed by atoms with Crippen molar-refractivity contribution in [2.45, 2.75) is 19.8 Å². The molecule has 1 saturated heterocycles. The Balaban J connectivity index is 2.30. The Morgan fingerprint density at radius 3 is 3.00 bits per heavy atom. The highest BCUT2D eigenvalue weighted by atomic mass is 15.1. The normalized spacial score (nSPS) is 20.5. The minimum absolute atomic E-state index is 0.579. The second-order valence-corrected chi connectivity index (χ2v) is 4.54. The lowest BCUT2D eigenvalue weighted by atomic mass is 9.99. The second kappa shape index (κ2) is 4.44. The SMILES string of the molecule is CC1CCCN(c2cccc(C#N)c2N)C1. The summed E-state index contributed by atoms with van der Waals surface area (Å²) in [5.74, 6) is 0.707. The number of nitriles is 1. The first-order valence-corrected chi connectivity index (χ1v) is 5.76. The maximum atomic E-state index is 8.94. The first kappa shape index (κ1) is 10.8. The van der Waals surface area contributed by atoms with Gasteiger partial charge in [0.25, 0.3) is 0 Å². The molecule has 16 heavy (non-hydrogen) atoms. The van der Waals surface area contributed by atoms with Crippen LogP contribution in [0.25, 0.3) is 0 Å². The van der Waals surface area contributed by atoms with Gasteiger partial charge in [0.2, 0.25) is 0 Å². The summed E-state index contributed by atoms with van der Waals surface area (Å²) in [6.45, 7) is 4.35. The van der Waals surface area contributed by atoms with Crippen LogP contribution in [-0.4, -0.2) is 13.1 Å². The molecule has 1 heterocycles. The summed E-state index contributed by atoms with van der Waals surface area (Å²) in [7, 11) is 0. The highest BCUT2D eigenvalue weighted by Gasteiger charge is 2.19. The highest BCUT2D eigenvalue weighted by Crippen LogP contribution is 2.29. The summed E-state index contributed by atoms with van der Waals surface area (Å²) in [6, 6.07) is 7.82. The molecule has 0 spiro atoms. The van der Waals surface area contributed by atoms with E-state index in [0.29, 0.717) is 17.2 Å². The maximum absolute atomic E-state index is 8.94. The number of benzene rings is 1.